The van der Waals surface area contributed by atoms with Gasteiger partial charge in [-0.1, -0.05) is 45.9 Å². The summed E-state index contributed by atoms with van der Waals surface area (Å²) < 4.78 is 11.2. The first-order chi connectivity index (χ1) is 15.7. The van der Waals surface area contributed by atoms with E-state index in [-0.39, 0.29) is 16.7 Å². The van der Waals surface area contributed by atoms with E-state index in [0.29, 0.717) is 11.4 Å². The predicted octanol–water partition coefficient (Wildman–Crippen LogP) is 6.71. The number of methoxy groups -OCH3 is 2. The Morgan fingerprint density at radius 3 is 2.21 bits per heavy atom. The van der Waals surface area contributed by atoms with Crippen molar-refractivity contribution >= 4 is 17.2 Å². The zero-order chi connectivity index (χ0) is 23.8. The zero-order valence-corrected chi connectivity index (χ0v) is 21.2. The van der Waals surface area contributed by atoms with Gasteiger partial charge in [-0.05, 0) is 65.1 Å². The minimum atomic E-state index is -0.0875. The SMILES string of the molecule is COc1ccccc1CNC(=O)c1ccc(-c2cc3c(cc2OC)C(C)(C)CCC3(C)C)s1. The fourth-order valence-corrected chi connectivity index (χ4v) is 5.62. The topological polar surface area (TPSA) is 47.6 Å². The van der Waals surface area contributed by atoms with E-state index in [1.165, 1.54) is 22.5 Å². The van der Waals surface area contributed by atoms with E-state index in [9.17, 15) is 4.79 Å². The number of amides is 1. The van der Waals surface area contributed by atoms with Crippen molar-refractivity contribution in [1.82, 2.24) is 5.32 Å². The molecule has 0 spiro atoms. The third-order valence-corrected chi connectivity index (χ3v) is 8.02. The standard InChI is InChI=1S/C28H33NO3S/c1-27(2)13-14-28(3,4)21-16-23(32-6)19(15-20(21)27)24-11-12-25(33-24)26(30)29-17-18-9-7-8-10-22(18)31-5/h7-12,15-16H,13-14,17H2,1-6H3,(H,29,30). The number of nitrogens with one attached hydrogen (secondary N) is 1. The lowest BCUT2D eigenvalue weighted by molar-refractivity contribution is 0.0954. The number of fused-ring (bicyclic) bond motifs is 1. The van der Waals surface area contributed by atoms with Gasteiger partial charge in [0.25, 0.3) is 5.91 Å². The van der Waals surface area contributed by atoms with Crippen molar-refractivity contribution in [2.75, 3.05) is 14.2 Å². The van der Waals surface area contributed by atoms with Crippen molar-refractivity contribution in [2.24, 2.45) is 0 Å². The van der Waals surface area contributed by atoms with Crippen molar-refractivity contribution in [1.29, 1.82) is 0 Å². The smallest absolute Gasteiger partial charge is 0.261 e. The number of carbonyl (C=O) groups is 1. The fraction of sp³-hybridized carbons (Fsp3) is 0.393. The summed E-state index contributed by atoms with van der Waals surface area (Å²) in [6.07, 6.45) is 2.31. The normalized spacial score (nSPS) is 16.1. The molecule has 2 aromatic carbocycles. The van der Waals surface area contributed by atoms with Gasteiger partial charge in [-0.25, -0.2) is 0 Å². The Kier molecular flexibility index (Phi) is 6.28. The Labute approximate surface area is 200 Å². The molecular weight excluding hydrogens is 430 g/mol. The number of hydrogen-bond donors (Lipinski definition) is 1. The van der Waals surface area contributed by atoms with Gasteiger partial charge in [-0.3, -0.25) is 4.79 Å². The number of thiophene rings is 1. The van der Waals surface area contributed by atoms with Gasteiger partial charge in [0.05, 0.1) is 19.1 Å². The molecule has 3 aromatic rings. The molecule has 0 saturated carbocycles. The van der Waals surface area contributed by atoms with E-state index in [0.717, 1.165) is 40.3 Å². The highest BCUT2D eigenvalue weighted by atomic mass is 32.1. The molecule has 33 heavy (non-hydrogen) atoms. The molecule has 1 heterocycles. The maximum absolute atomic E-state index is 12.9. The van der Waals surface area contributed by atoms with Crippen LogP contribution in [0.2, 0.25) is 0 Å². The molecule has 0 saturated heterocycles. The molecule has 4 rings (SSSR count). The summed E-state index contributed by atoms with van der Waals surface area (Å²) in [6.45, 7) is 9.69. The molecule has 1 aliphatic rings. The second-order valence-corrected chi connectivity index (χ2v) is 11.1. The van der Waals surface area contributed by atoms with Crippen LogP contribution in [0.5, 0.6) is 11.5 Å². The maximum Gasteiger partial charge on any atom is 0.261 e. The van der Waals surface area contributed by atoms with Gasteiger partial charge in [-0.15, -0.1) is 11.3 Å². The van der Waals surface area contributed by atoms with Gasteiger partial charge >= 0.3 is 0 Å². The van der Waals surface area contributed by atoms with Crippen molar-refractivity contribution < 1.29 is 14.3 Å². The molecule has 1 aromatic heterocycles. The Morgan fingerprint density at radius 1 is 0.909 bits per heavy atom. The molecule has 4 nitrogen and oxygen atoms in total. The lowest BCUT2D eigenvalue weighted by Crippen LogP contribution is -2.33. The number of carbonyl (C=O) groups excluding carboxylic acids is 1. The van der Waals surface area contributed by atoms with Crippen LogP contribution in [0, 0.1) is 0 Å². The summed E-state index contributed by atoms with van der Waals surface area (Å²) in [7, 11) is 3.36. The predicted molar refractivity (Wildman–Crippen MR) is 136 cm³/mol. The van der Waals surface area contributed by atoms with Crippen molar-refractivity contribution in [3.8, 4) is 21.9 Å². The minimum Gasteiger partial charge on any atom is -0.496 e. The molecule has 0 fully saturated rings. The highest BCUT2D eigenvalue weighted by Gasteiger charge is 2.38. The summed E-state index contributed by atoms with van der Waals surface area (Å²) in [6, 6.07) is 16.1. The fourth-order valence-electron chi connectivity index (χ4n) is 4.67. The number of hydrogen-bond acceptors (Lipinski definition) is 4. The van der Waals surface area contributed by atoms with Crippen LogP contribution in [0.15, 0.2) is 48.5 Å². The first-order valence-electron chi connectivity index (χ1n) is 11.4. The van der Waals surface area contributed by atoms with E-state index in [2.05, 4.69) is 45.1 Å². The van der Waals surface area contributed by atoms with Crippen LogP contribution >= 0.6 is 11.3 Å². The highest BCUT2D eigenvalue weighted by molar-refractivity contribution is 7.17. The number of benzene rings is 2. The average molecular weight is 464 g/mol. The van der Waals surface area contributed by atoms with Gasteiger partial charge in [0.1, 0.15) is 11.5 Å². The number of para-hydroxylation sites is 1. The van der Waals surface area contributed by atoms with E-state index in [4.69, 9.17) is 9.47 Å². The third kappa shape index (κ3) is 4.51. The van der Waals surface area contributed by atoms with E-state index in [1.807, 2.05) is 36.4 Å². The largest absolute Gasteiger partial charge is 0.496 e. The van der Waals surface area contributed by atoms with Gasteiger partial charge in [0.2, 0.25) is 0 Å². The quantitative estimate of drug-likeness (QED) is 0.442. The highest BCUT2D eigenvalue weighted by Crippen LogP contribution is 2.49. The van der Waals surface area contributed by atoms with Crippen LogP contribution in [0.3, 0.4) is 0 Å². The third-order valence-electron chi connectivity index (χ3n) is 6.90. The molecule has 1 aliphatic carbocycles. The lowest BCUT2D eigenvalue weighted by atomic mass is 9.63. The Bertz CT molecular complexity index is 1180. The molecule has 0 unspecified atom stereocenters. The Hall–Kier alpha value is -2.79. The average Bonchev–Trinajstić information content (AvgIpc) is 3.30. The summed E-state index contributed by atoms with van der Waals surface area (Å²) in [4.78, 5) is 14.6. The zero-order valence-electron chi connectivity index (χ0n) is 20.4. The van der Waals surface area contributed by atoms with Crippen LogP contribution < -0.4 is 14.8 Å². The van der Waals surface area contributed by atoms with Crippen LogP contribution in [0.1, 0.15) is 66.9 Å². The molecule has 0 atom stereocenters. The van der Waals surface area contributed by atoms with Crippen molar-refractivity contribution in [3.63, 3.8) is 0 Å². The summed E-state index contributed by atoms with van der Waals surface area (Å²) in [5.74, 6) is 1.55. The summed E-state index contributed by atoms with van der Waals surface area (Å²) >= 11 is 1.50. The second kappa shape index (κ2) is 8.86. The van der Waals surface area contributed by atoms with Crippen LogP contribution in [-0.2, 0) is 17.4 Å². The molecule has 1 amide bonds. The summed E-state index contributed by atoms with van der Waals surface area (Å²) in [5, 5.41) is 3.02. The number of rotatable bonds is 6. The molecular formula is C28H33NO3S. The number of ether oxygens (including phenoxy) is 2. The molecule has 5 heteroatoms. The van der Waals surface area contributed by atoms with Crippen molar-refractivity contribution in [3.05, 3.63) is 70.1 Å². The van der Waals surface area contributed by atoms with Gasteiger partial charge < -0.3 is 14.8 Å². The molecule has 0 radical (unpaired) electrons. The van der Waals surface area contributed by atoms with Gasteiger partial charge in [-0.2, -0.15) is 0 Å². The van der Waals surface area contributed by atoms with Crippen molar-refractivity contribution in [2.45, 2.75) is 57.9 Å². The van der Waals surface area contributed by atoms with E-state index >= 15 is 0 Å². The molecule has 174 valence electrons. The Balaban J connectivity index is 1.62. The molecule has 1 N–H and O–H groups in total. The second-order valence-electron chi connectivity index (χ2n) is 10.0. The van der Waals surface area contributed by atoms with E-state index in [1.54, 1.807) is 14.2 Å². The van der Waals surface area contributed by atoms with Crippen LogP contribution in [0.4, 0.5) is 0 Å². The maximum atomic E-state index is 12.9. The minimum absolute atomic E-state index is 0.0875. The van der Waals surface area contributed by atoms with E-state index < -0.39 is 0 Å². The lowest BCUT2D eigenvalue weighted by Gasteiger charge is -2.42. The van der Waals surface area contributed by atoms with Crippen LogP contribution in [0.25, 0.3) is 10.4 Å². The summed E-state index contributed by atoms with van der Waals surface area (Å²) in [5.41, 5.74) is 4.98. The first kappa shape index (κ1) is 23.4. The van der Waals surface area contributed by atoms with Gasteiger partial charge in [0, 0.05) is 22.5 Å². The monoisotopic (exact) mass is 463 g/mol. The van der Waals surface area contributed by atoms with Gasteiger partial charge in [0.15, 0.2) is 0 Å². The molecule has 0 aliphatic heterocycles. The Morgan fingerprint density at radius 2 is 1.55 bits per heavy atom. The molecule has 0 bridgehead atoms. The van der Waals surface area contributed by atoms with Crippen LogP contribution in [-0.4, -0.2) is 20.1 Å². The first-order valence-corrected chi connectivity index (χ1v) is 12.2.